The van der Waals surface area contributed by atoms with Crippen LogP contribution in [0.15, 0.2) is 0 Å². The summed E-state index contributed by atoms with van der Waals surface area (Å²) in [6, 6.07) is -0.864. The Morgan fingerprint density at radius 3 is 2.24 bits per heavy atom. The van der Waals surface area contributed by atoms with Crippen molar-refractivity contribution in [1.82, 2.24) is 16.0 Å². The molecular weight excluding hydrogens is 280 g/mol. The zero-order valence-corrected chi connectivity index (χ0v) is 12.4. The lowest BCUT2D eigenvalue weighted by Crippen LogP contribution is -2.58. The van der Waals surface area contributed by atoms with E-state index in [0.29, 0.717) is 6.42 Å². The highest BCUT2D eigenvalue weighted by Crippen LogP contribution is 2.04. The molecule has 21 heavy (non-hydrogen) atoms. The Kier molecular flexibility index (Phi) is 7.18. The molecule has 9 heteroatoms. The fraction of sp³-hybridized carbons (Fsp3) is 0.667. The summed E-state index contributed by atoms with van der Waals surface area (Å²) in [5, 5.41) is 15.5. The molecule has 0 heterocycles. The lowest BCUT2D eigenvalue weighted by Gasteiger charge is -2.26. The minimum atomic E-state index is -1.24. The van der Waals surface area contributed by atoms with Crippen molar-refractivity contribution < 1.29 is 24.3 Å². The Balaban J connectivity index is 4.59. The SMILES string of the molecule is CC(=O)NC(CCCNC(=O)O)C(=O)NC(C)(C)C(N)=O. The van der Waals surface area contributed by atoms with Gasteiger partial charge in [0.15, 0.2) is 0 Å². The first-order valence-electron chi connectivity index (χ1n) is 6.42. The van der Waals surface area contributed by atoms with Gasteiger partial charge in [0.25, 0.3) is 0 Å². The van der Waals surface area contributed by atoms with Crippen LogP contribution in [0.5, 0.6) is 0 Å². The fourth-order valence-corrected chi connectivity index (χ4v) is 1.47. The first-order chi connectivity index (χ1) is 9.56. The van der Waals surface area contributed by atoms with Crippen molar-refractivity contribution in [2.24, 2.45) is 5.73 Å². The minimum absolute atomic E-state index is 0.151. The number of rotatable bonds is 8. The summed E-state index contributed by atoms with van der Waals surface area (Å²) in [4.78, 5) is 44.7. The highest BCUT2D eigenvalue weighted by atomic mass is 16.4. The molecule has 0 fully saturated rings. The average molecular weight is 302 g/mol. The summed E-state index contributed by atoms with van der Waals surface area (Å²) in [6.45, 7) is 4.31. The number of hydrogen-bond donors (Lipinski definition) is 5. The predicted molar refractivity (Wildman–Crippen MR) is 74.3 cm³/mol. The number of amides is 4. The van der Waals surface area contributed by atoms with Gasteiger partial charge in [0.2, 0.25) is 17.7 Å². The van der Waals surface area contributed by atoms with E-state index in [4.69, 9.17) is 10.8 Å². The largest absolute Gasteiger partial charge is 0.465 e. The summed E-state index contributed by atoms with van der Waals surface area (Å²) >= 11 is 0. The molecule has 0 saturated carbocycles. The van der Waals surface area contributed by atoms with E-state index in [9.17, 15) is 19.2 Å². The Bertz CT molecular complexity index is 422. The molecule has 6 N–H and O–H groups in total. The van der Waals surface area contributed by atoms with Crippen LogP contribution in [0, 0.1) is 0 Å². The van der Waals surface area contributed by atoms with Gasteiger partial charge in [-0.05, 0) is 26.7 Å². The second-order valence-corrected chi connectivity index (χ2v) is 5.11. The molecule has 0 aliphatic rings. The van der Waals surface area contributed by atoms with Crippen LogP contribution < -0.4 is 21.7 Å². The Hall–Kier alpha value is -2.32. The molecule has 0 bridgehead atoms. The number of nitrogens with two attached hydrogens (primary N) is 1. The standard InChI is InChI=1S/C12H22N4O5/c1-7(17)15-8(5-4-6-14-11(20)21)9(18)16-12(2,3)10(13)19/h8,14H,4-6H2,1-3H3,(H2,13,19)(H,15,17)(H,16,18)(H,20,21). The number of carboxylic acid groups (broad SMARTS) is 1. The molecule has 0 aromatic rings. The normalized spacial score (nSPS) is 12.1. The first-order valence-corrected chi connectivity index (χ1v) is 6.42. The molecule has 0 aliphatic carbocycles. The molecule has 4 amide bonds. The van der Waals surface area contributed by atoms with E-state index >= 15 is 0 Å². The molecule has 0 saturated heterocycles. The Morgan fingerprint density at radius 1 is 1.24 bits per heavy atom. The molecule has 0 aromatic carbocycles. The minimum Gasteiger partial charge on any atom is -0.465 e. The van der Waals surface area contributed by atoms with Gasteiger partial charge in [-0.25, -0.2) is 4.79 Å². The van der Waals surface area contributed by atoms with E-state index in [1.54, 1.807) is 0 Å². The highest BCUT2D eigenvalue weighted by Gasteiger charge is 2.30. The molecule has 0 spiro atoms. The third kappa shape index (κ3) is 7.75. The maximum Gasteiger partial charge on any atom is 0.404 e. The third-order valence-corrected chi connectivity index (χ3v) is 2.69. The van der Waals surface area contributed by atoms with Gasteiger partial charge in [-0.2, -0.15) is 0 Å². The van der Waals surface area contributed by atoms with E-state index in [2.05, 4.69) is 16.0 Å². The van der Waals surface area contributed by atoms with E-state index in [1.807, 2.05) is 0 Å². The predicted octanol–water partition coefficient (Wildman–Crippen LogP) is -1.08. The van der Waals surface area contributed by atoms with Gasteiger partial charge in [0.05, 0.1) is 0 Å². The van der Waals surface area contributed by atoms with E-state index in [1.165, 1.54) is 20.8 Å². The maximum absolute atomic E-state index is 12.1. The van der Waals surface area contributed by atoms with Crippen molar-refractivity contribution in [3.63, 3.8) is 0 Å². The number of hydrogen-bond acceptors (Lipinski definition) is 4. The topological polar surface area (TPSA) is 151 Å². The van der Waals surface area contributed by atoms with Crippen molar-refractivity contribution in [3.05, 3.63) is 0 Å². The van der Waals surface area contributed by atoms with Crippen molar-refractivity contribution in [2.45, 2.75) is 45.2 Å². The number of carbonyl (C=O) groups is 4. The van der Waals surface area contributed by atoms with Crippen LogP contribution in [0.2, 0.25) is 0 Å². The zero-order chi connectivity index (χ0) is 16.6. The number of nitrogens with one attached hydrogen (secondary N) is 3. The second-order valence-electron chi connectivity index (χ2n) is 5.11. The van der Waals surface area contributed by atoms with Gasteiger partial charge in [-0.3, -0.25) is 14.4 Å². The summed E-state index contributed by atoms with van der Waals surface area (Å²) in [7, 11) is 0. The fourth-order valence-electron chi connectivity index (χ4n) is 1.47. The van der Waals surface area contributed by atoms with Crippen LogP contribution in [0.1, 0.15) is 33.6 Å². The van der Waals surface area contributed by atoms with Gasteiger partial charge in [0.1, 0.15) is 11.6 Å². The summed E-state index contributed by atoms with van der Waals surface area (Å²) in [5.41, 5.74) is 3.92. The van der Waals surface area contributed by atoms with E-state index < -0.39 is 35.4 Å². The van der Waals surface area contributed by atoms with Crippen LogP contribution in [0.4, 0.5) is 4.79 Å². The molecule has 0 rings (SSSR count). The smallest absolute Gasteiger partial charge is 0.404 e. The van der Waals surface area contributed by atoms with Gasteiger partial charge in [-0.15, -0.1) is 0 Å². The van der Waals surface area contributed by atoms with Gasteiger partial charge in [-0.1, -0.05) is 0 Å². The molecule has 0 radical (unpaired) electrons. The average Bonchev–Trinajstić information content (AvgIpc) is 2.31. The van der Waals surface area contributed by atoms with Crippen molar-refractivity contribution in [2.75, 3.05) is 6.54 Å². The zero-order valence-electron chi connectivity index (χ0n) is 12.4. The van der Waals surface area contributed by atoms with Crippen LogP contribution >= 0.6 is 0 Å². The lowest BCUT2D eigenvalue weighted by molar-refractivity contribution is -0.133. The highest BCUT2D eigenvalue weighted by molar-refractivity contribution is 5.93. The van der Waals surface area contributed by atoms with Crippen LogP contribution in [-0.2, 0) is 14.4 Å². The first kappa shape index (κ1) is 18.7. The molecular formula is C12H22N4O5. The van der Waals surface area contributed by atoms with Crippen LogP contribution in [0.3, 0.4) is 0 Å². The van der Waals surface area contributed by atoms with Crippen LogP contribution in [-0.4, -0.2) is 47.0 Å². The molecule has 1 unspecified atom stereocenters. The van der Waals surface area contributed by atoms with Crippen molar-refractivity contribution in [3.8, 4) is 0 Å². The maximum atomic E-state index is 12.1. The second kappa shape index (κ2) is 8.08. The monoisotopic (exact) mass is 302 g/mol. The van der Waals surface area contributed by atoms with Gasteiger partial charge < -0.3 is 26.8 Å². The summed E-state index contributed by atoms with van der Waals surface area (Å²) < 4.78 is 0. The molecule has 1 atom stereocenters. The number of carbonyl (C=O) groups excluding carboxylic acids is 3. The number of primary amides is 1. The molecule has 0 aliphatic heterocycles. The van der Waals surface area contributed by atoms with Crippen LogP contribution in [0.25, 0.3) is 0 Å². The summed E-state index contributed by atoms with van der Waals surface area (Å²) in [6.07, 6.45) is -0.590. The molecule has 9 nitrogen and oxygen atoms in total. The van der Waals surface area contributed by atoms with Crippen molar-refractivity contribution in [1.29, 1.82) is 0 Å². The lowest BCUT2D eigenvalue weighted by atomic mass is 10.0. The quantitative estimate of drug-likeness (QED) is 0.361. The Labute approximate surface area is 122 Å². The Morgan fingerprint density at radius 2 is 1.81 bits per heavy atom. The summed E-state index contributed by atoms with van der Waals surface area (Å²) in [5.74, 6) is -1.66. The van der Waals surface area contributed by atoms with Gasteiger partial charge >= 0.3 is 6.09 Å². The van der Waals surface area contributed by atoms with Crippen molar-refractivity contribution >= 4 is 23.8 Å². The molecule has 120 valence electrons. The van der Waals surface area contributed by atoms with E-state index in [-0.39, 0.29) is 13.0 Å². The molecule has 0 aromatic heterocycles. The third-order valence-electron chi connectivity index (χ3n) is 2.69. The van der Waals surface area contributed by atoms with Gasteiger partial charge in [0, 0.05) is 13.5 Å². The van der Waals surface area contributed by atoms with E-state index in [0.717, 1.165) is 0 Å².